The molecule has 0 radical (unpaired) electrons. The highest BCUT2D eigenvalue weighted by Gasteiger charge is 2.48. The summed E-state index contributed by atoms with van der Waals surface area (Å²) in [7, 11) is 0. The first kappa shape index (κ1) is 16.1. The van der Waals surface area contributed by atoms with Crippen molar-refractivity contribution in [1.29, 1.82) is 0 Å². The van der Waals surface area contributed by atoms with Gasteiger partial charge in [0.05, 0.1) is 6.54 Å². The predicted molar refractivity (Wildman–Crippen MR) is 90.7 cm³/mol. The molecule has 1 saturated heterocycles. The number of ether oxygens (including phenoxy) is 1. The third-order valence-electron chi connectivity index (χ3n) is 4.23. The number of urea groups is 1. The van der Waals surface area contributed by atoms with Crippen LogP contribution in [0.15, 0.2) is 54.6 Å². The summed E-state index contributed by atoms with van der Waals surface area (Å²) in [5.41, 5.74) is 0.891. The highest BCUT2D eigenvalue weighted by molar-refractivity contribution is 6.07. The summed E-state index contributed by atoms with van der Waals surface area (Å²) in [6.07, 6.45) is 0. The maximum Gasteiger partial charge on any atom is 0.325 e. The number of hydrogen-bond acceptors (Lipinski definition) is 3. The summed E-state index contributed by atoms with van der Waals surface area (Å²) in [5.74, 6) is 0.463. The zero-order valence-electron chi connectivity index (χ0n) is 13.8. The molecule has 0 spiro atoms. The number of benzene rings is 2. The highest BCUT2D eigenvalue weighted by Crippen LogP contribution is 2.28. The minimum Gasteiger partial charge on any atom is -0.492 e. The monoisotopic (exact) mass is 324 g/mol. The topological polar surface area (TPSA) is 58.6 Å². The lowest BCUT2D eigenvalue weighted by Gasteiger charge is -2.22. The van der Waals surface area contributed by atoms with E-state index in [4.69, 9.17) is 4.74 Å². The molecule has 1 fully saturated rings. The smallest absolute Gasteiger partial charge is 0.325 e. The van der Waals surface area contributed by atoms with Crippen molar-refractivity contribution < 1.29 is 14.3 Å². The number of hydrogen-bond donors (Lipinski definition) is 1. The Morgan fingerprint density at radius 3 is 2.38 bits per heavy atom. The Hall–Kier alpha value is -2.82. The van der Waals surface area contributed by atoms with Gasteiger partial charge in [-0.15, -0.1) is 0 Å². The molecule has 0 aliphatic carbocycles. The number of rotatable bonds is 5. The number of imide groups is 1. The van der Waals surface area contributed by atoms with Crippen LogP contribution in [0.5, 0.6) is 5.75 Å². The van der Waals surface area contributed by atoms with Gasteiger partial charge in [0.25, 0.3) is 5.91 Å². The fraction of sp³-hybridized carbons (Fsp3) is 0.263. The molecule has 1 aliphatic heterocycles. The van der Waals surface area contributed by atoms with Crippen LogP contribution >= 0.6 is 0 Å². The molecule has 0 saturated carbocycles. The maximum absolute atomic E-state index is 12.7. The Kier molecular flexibility index (Phi) is 4.25. The van der Waals surface area contributed by atoms with E-state index in [1.807, 2.05) is 61.5 Å². The first-order valence-electron chi connectivity index (χ1n) is 7.90. The van der Waals surface area contributed by atoms with Crippen molar-refractivity contribution in [3.05, 3.63) is 65.7 Å². The van der Waals surface area contributed by atoms with Crippen LogP contribution in [0.4, 0.5) is 4.79 Å². The van der Waals surface area contributed by atoms with Crippen molar-refractivity contribution in [2.24, 2.45) is 0 Å². The van der Waals surface area contributed by atoms with E-state index in [1.54, 1.807) is 6.92 Å². The number of nitrogens with one attached hydrogen (secondary N) is 1. The molecule has 2 aromatic rings. The van der Waals surface area contributed by atoms with Crippen LogP contribution in [0.1, 0.15) is 18.1 Å². The summed E-state index contributed by atoms with van der Waals surface area (Å²) in [4.78, 5) is 26.1. The third-order valence-corrected chi connectivity index (χ3v) is 4.23. The van der Waals surface area contributed by atoms with E-state index in [-0.39, 0.29) is 25.1 Å². The van der Waals surface area contributed by atoms with Gasteiger partial charge in [0.2, 0.25) is 0 Å². The average molecular weight is 324 g/mol. The molecule has 0 bridgehead atoms. The second-order valence-electron chi connectivity index (χ2n) is 6.04. The fourth-order valence-electron chi connectivity index (χ4n) is 2.76. The first-order chi connectivity index (χ1) is 11.5. The molecule has 24 heavy (non-hydrogen) atoms. The largest absolute Gasteiger partial charge is 0.492 e. The summed E-state index contributed by atoms with van der Waals surface area (Å²) in [6.45, 7) is 4.19. The quantitative estimate of drug-likeness (QED) is 0.861. The van der Waals surface area contributed by atoms with Gasteiger partial charge >= 0.3 is 6.03 Å². The van der Waals surface area contributed by atoms with Gasteiger partial charge in [-0.25, -0.2) is 4.79 Å². The van der Waals surface area contributed by atoms with Gasteiger partial charge in [-0.1, -0.05) is 48.0 Å². The van der Waals surface area contributed by atoms with E-state index in [1.165, 1.54) is 4.90 Å². The normalized spacial score (nSPS) is 20.2. The molecule has 5 nitrogen and oxygen atoms in total. The molecule has 5 heteroatoms. The number of carbonyl (C=O) groups excluding carboxylic acids is 2. The highest BCUT2D eigenvalue weighted by atomic mass is 16.5. The van der Waals surface area contributed by atoms with Gasteiger partial charge in [0.15, 0.2) is 0 Å². The van der Waals surface area contributed by atoms with Crippen LogP contribution in [0.25, 0.3) is 0 Å². The molecule has 2 aromatic carbocycles. The Labute approximate surface area is 141 Å². The van der Waals surface area contributed by atoms with Gasteiger partial charge in [-0.2, -0.15) is 0 Å². The van der Waals surface area contributed by atoms with Gasteiger partial charge in [-0.05, 0) is 31.5 Å². The van der Waals surface area contributed by atoms with Crippen molar-refractivity contribution in [3.8, 4) is 5.75 Å². The molecular formula is C19H20N2O3. The molecule has 1 N–H and O–H groups in total. The fourth-order valence-corrected chi connectivity index (χ4v) is 2.76. The molecule has 0 unspecified atom stereocenters. The van der Waals surface area contributed by atoms with Crippen LogP contribution in [-0.4, -0.2) is 30.0 Å². The molecule has 124 valence electrons. The Morgan fingerprint density at radius 2 is 1.71 bits per heavy atom. The lowest BCUT2D eigenvalue weighted by Crippen LogP contribution is -2.41. The standard InChI is InChI=1S/C19H20N2O3/c1-14-8-10-16(11-9-14)24-13-12-21-17(22)19(2,20-18(21)23)15-6-4-3-5-7-15/h3-11H,12-13H2,1-2H3,(H,20,23)/t19-/m0/s1. The van der Waals surface area contributed by atoms with E-state index >= 15 is 0 Å². The second kappa shape index (κ2) is 6.35. The van der Waals surface area contributed by atoms with E-state index in [0.29, 0.717) is 0 Å². The Bertz CT molecular complexity index is 743. The Balaban J connectivity index is 1.65. The van der Waals surface area contributed by atoms with Crippen molar-refractivity contribution in [3.63, 3.8) is 0 Å². The molecular weight excluding hydrogens is 304 g/mol. The van der Waals surface area contributed by atoms with Crippen LogP contribution in [0.2, 0.25) is 0 Å². The van der Waals surface area contributed by atoms with E-state index in [0.717, 1.165) is 16.9 Å². The van der Waals surface area contributed by atoms with Gasteiger partial charge in [-0.3, -0.25) is 9.69 Å². The molecule has 1 atom stereocenters. The van der Waals surface area contributed by atoms with Crippen molar-refractivity contribution in [2.75, 3.05) is 13.2 Å². The third kappa shape index (κ3) is 2.97. The molecule has 3 amide bonds. The van der Waals surface area contributed by atoms with Crippen LogP contribution in [0.3, 0.4) is 0 Å². The number of carbonyl (C=O) groups is 2. The van der Waals surface area contributed by atoms with E-state index in [9.17, 15) is 9.59 Å². The zero-order chi connectivity index (χ0) is 17.2. The SMILES string of the molecule is Cc1ccc(OCCN2C(=O)N[C@@](C)(c3ccccc3)C2=O)cc1. The minimum atomic E-state index is -1.03. The summed E-state index contributed by atoms with van der Waals surface area (Å²) >= 11 is 0. The number of amides is 3. The second-order valence-corrected chi connectivity index (χ2v) is 6.04. The maximum atomic E-state index is 12.7. The first-order valence-corrected chi connectivity index (χ1v) is 7.90. The van der Waals surface area contributed by atoms with Gasteiger partial charge in [0.1, 0.15) is 17.9 Å². The molecule has 3 rings (SSSR count). The van der Waals surface area contributed by atoms with E-state index < -0.39 is 5.54 Å². The number of aryl methyl sites for hydroxylation is 1. The average Bonchev–Trinajstić information content (AvgIpc) is 2.81. The minimum absolute atomic E-state index is 0.209. The van der Waals surface area contributed by atoms with Crippen LogP contribution in [0, 0.1) is 6.92 Å². The van der Waals surface area contributed by atoms with E-state index in [2.05, 4.69) is 5.32 Å². The molecule has 1 aliphatic rings. The summed E-state index contributed by atoms with van der Waals surface area (Å²) in [6, 6.07) is 16.5. The van der Waals surface area contributed by atoms with Crippen LogP contribution in [-0.2, 0) is 10.3 Å². The lowest BCUT2D eigenvalue weighted by atomic mass is 9.92. The summed E-state index contributed by atoms with van der Waals surface area (Å²) in [5, 5.41) is 2.78. The van der Waals surface area contributed by atoms with Crippen molar-refractivity contribution >= 4 is 11.9 Å². The zero-order valence-corrected chi connectivity index (χ0v) is 13.8. The molecule has 1 heterocycles. The van der Waals surface area contributed by atoms with Crippen molar-refractivity contribution in [2.45, 2.75) is 19.4 Å². The van der Waals surface area contributed by atoms with Crippen LogP contribution < -0.4 is 10.1 Å². The Morgan fingerprint density at radius 1 is 1.04 bits per heavy atom. The molecule has 0 aromatic heterocycles. The van der Waals surface area contributed by atoms with Crippen molar-refractivity contribution in [1.82, 2.24) is 10.2 Å². The van der Waals surface area contributed by atoms with Gasteiger partial charge < -0.3 is 10.1 Å². The number of nitrogens with zero attached hydrogens (tertiary/aromatic N) is 1. The predicted octanol–water partition coefficient (Wildman–Crippen LogP) is 2.84. The lowest BCUT2D eigenvalue weighted by molar-refractivity contribution is -0.131. The summed E-state index contributed by atoms with van der Waals surface area (Å²) < 4.78 is 5.62. The van der Waals surface area contributed by atoms with Gasteiger partial charge in [0, 0.05) is 0 Å².